The normalized spacial score (nSPS) is 13.5. The van der Waals surface area contributed by atoms with Gasteiger partial charge in [-0.3, -0.25) is 14.3 Å². The Bertz CT molecular complexity index is 549. The van der Waals surface area contributed by atoms with Crippen LogP contribution in [0.4, 0.5) is 11.5 Å². The van der Waals surface area contributed by atoms with Crippen LogP contribution in [0, 0.1) is 10.1 Å². The molecule has 0 spiro atoms. The van der Waals surface area contributed by atoms with Crippen molar-refractivity contribution in [1.29, 1.82) is 0 Å². The van der Waals surface area contributed by atoms with Gasteiger partial charge in [-0.2, -0.15) is 0 Å². The van der Waals surface area contributed by atoms with Crippen LogP contribution in [0.2, 0.25) is 0 Å². The lowest BCUT2D eigenvalue weighted by Gasteiger charge is -2.10. The molecule has 0 aliphatic rings. The maximum Gasteiger partial charge on any atom is 0.354 e. The van der Waals surface area contributed by atoms with Crippen LogP contribution in [0.1, 0.15) is 23.8 Å². The quantitative estimate of drug-likeness (QED) is 0.574. The third-order valence-electron chi connectivity index (χ3n) is 2.70. The molecule has 0 aromatic carbocycles. The molecule has 1 aromatic rings. The van der Waals surface area contributed by atoms with Crippen LogP contribution in [0.3, 0.4) is 0 Å². The SMILES string of the molecule is CC(CCNc1nc(C(=O)O)ccc1[N+](=O)[O-])S(C)=O. The van der Waals surface area contributed by atoms with Gasteiger partial charge in [-0.25, -0.2) is 9.78 Å². The van der Waals surface area contributed by atoms with Gasteiger partial charge in [0.15, 0.2) is 5.69 Å². The fourth-order valence-corrected chi connectivity index (χ4v) is 1.86. The number of carboxylic acid groups (broad SMARTS) is 1. The minimum Gasteiger partial charge on any atom is -0.477 e. The van der Waals surface area contributed by atoms with Crippen molar-refractivity contribution in [2.75, 3.05) is 18.1 Å². The van der Waals surface area contributed by atoms with Gasteiger partial charge in [0.1, 0.15) is 0 Å². The van der Waals surface area contributed by atoms with Gasteiger partial charge >= 0.3 is 11.7 Å². The van der Waals surface area contributed by atoms with Crippen molar-refractivity contribution in [2.24, 2.45) is 0 Å². The Morgan fingerprint density at radius 3 is 2.75 bits per heavy atom. The zero-order valence-corrected chi connectivity index (χ0v) is 11.8. The second-order valence-corrected chi connectivity index (χ2v) is 5.95. The summed E-state index contributed by atoms with van der Waals surface area (Å²) in [5.74, 6) is -1.35. The van der Waals surface area contributed by atoms with Gasteiger partial charge < -0.3 is 10.4 Å². The smallest absolute Gasteiger partial charge is 0.354 e. The van der Waals surface area contributed by atoms with Gasteiger partial charge in [0, 0.05) is 34.9 Å². The Hall–Kier alpha value is -2.03. The van der Waals surface area contributed by atoms with E-state index < -0.39 is 21.7 Å². The van der Waals surface area contributed by atoms with Crippen molar-refractivity contribution in [3.63, 3.8) is 0 Å². The monoisotopic (exact) mass is 301 g/mol. The van der Waals surface area contributed by atoms with Crippen LogP contribution in [-0.2, 0) is 10.8 Å². The van der Waals surface area contributed by atoms with Crippen molar-refractivity contribution in [2.45, 2.75) is 18.6 Å². The fourth-order valence-electron chi connectivity index (χ4n) is 1.41. The van der Waals surface area contributed by atoms with E-state index in [9.17, 15) is 19.1 Å². The van der Waals surface area contributed by atoms with Gasteiger partial charge in [-0.15, -0.1) is 0 Å². The Morgan fingerprint density at radius 1 is 1.60 bits per heavy atom. The van der Waals surface area contributed by atoms with Crippen LogP contribution in [0.15, 0.2) is 12.1 Å². The Balaban J connectivity index is 2.85. The molecule has 20 heavy (non-hydrogen) atoms. The number of carbonyl (C=O) groups is 1. The average Bonchev–Trinajstić information content (AvgIpc) is 2.37. The summed E-state index contributed by atoms with van der Waals surface area (Å²) >= 11 is 0. The first-order chi connectivity index (χ1) is 9.32. The number of aromatic nitrogens is 1. The minimum absolute atomic E-state index is 0.0655. The molecule has 0 fully saturated rings. The molecule has 0 bridgehead atoms. The van der Waals surface area contributed by atoms with E-state index in [4.69, 9.17) is 5.11 Å². The van der Waals surface area contributed by atoms with Crippen molar-refractivity contribution >= 4 is 28.3 Å². The highest BCUT2D eigenvalue weighted by Crippen LogP contribution is 2.22. The number of anilines is 1. The lowest BCUT2D eigenvalue weighted by molar-refractivity contribution is -0.384. The lowest BCUT2D eigenvalue weighted by Crippen LogP contribution is -2.16. The summed E-state index contributed by atoms with van der Waals surface area (Å²) in [7, 11) is -0.982. The zero-order chi connectivity index (χ0) is 15.3. The third kappa shape index (κ3) is 4.26. The first-order valence-electron chi connectivity index (χ1n) is 5.77. The van der Waals surface area contributed by atoms with Crippen LogP contribution in [0.5, 0.6) is 0 Å². The molecule has 0 saturated heterocycles. The van der Waals surface area contributed by atoms with Crippen LogP contribution in [0.25, 0.3) is 0 Å². The highest BCUT2D eigenvalue weighted by atomic mass is 32.2. The largest absolute Gasteiger partial charge is 0.477 e. The van der Waals surface area contributed by atoms with E-state index in [0.29, 0.717) is 13.0 Å². The highest BCUT2D eigenvalue weighted by molar-refractivity contribution is 7.84. The summed E-state index contributed by atoms with van der Waals surface area (Å²) in [5, 5.41) is 22.3. The summed E-state index contributed by atoms with van der Waals surface area (Å²) in [6.07, 6.45) is 2.11. The second-order valence-electron chi connectivity index (χ2n) is 4.15. The van der Waals surface area contributed by atoms with Crippen molar-refractivity contribution in [1.82, 2.24) is 4.98 Å². The fraction of sp³-hybridized carbons (Fsp3) is 0.455. The topological polar surface area (TPSA) is 122 Å². The average molecular weight is 301 g/mol. The molecular formula is C11H15N3O5S. The van der Waals surface area contributed by atoms with Gasteiger partial charge in [-0.05, 0) is 12.5 Å². The molecule has 0 saturated carbocycles. The molecule has 2 atom stereocenters. The molecule has 8 nitrogen and oxygen atoms in total. The first kappa shape index (κ1) is 16.0. The van der Waals surface area contributed by atoms with Crippen LogP contribution >= 0.6 is 0 Å². The number of carboxylic acids is 1. The van der Waals surface area contributed by atoms with Gasteiger partial charge in [0.2, 0.25) is 5.82 Å². The summed E-state index contributed by atoms with van der Waals surface area (Å²) in [5.41, 5.74) is -0.564. The van der Waals surface area contributed by atoms with E-state index in [1.807, 2.05) is 0 Å². The molecule has 1 aromatic heterocycles. The van der Waals surface area contributed by atoms with Crippen molar-refractivity contribution in [3.05, 3.63) is 27.9 Å². The zero-order valence-electron chi connectivity index (χ0n) is 11.0. The summed E-state index contributed by atoms with van der Waals surface area (Å²) < 4.78 is 11.2. The van der Waals surface area contributed by atoms with E-state index in [-0.39, 0.29) is 22.4 Å². The molecule has 2 N–H and O–H groups in total. The molecule has 0 aliphatic heterocycles. The van der Waals surface area contributed by atoms with Gasteiger partial charge in [0.25, 0.3) is 0 Å². The lowest BCUT2D eigenvalue weighted by atomic mass is 10.3. The number of nitrogens with one attached hydrogen (secondary N) is 1. The van der Waals surface area contributed by atoms with Crippen LogP contribution in [-0.4, -0.2) is 43.2 Å². The van der Waals surface area contributed by atoms with E-state index >= 15 is 0 Å². The maximum absolute atomic E-state index is 11.2. The molecular weight excluding hydrogens is 286 g/mol. The Morgan fingerprint density at radius 2 is 2.25 bits per heavy atom. The molecule has 1 heterocycles. The number of hydrogen-bond acceptors (Lipinski definition) is 6. The van der Waals surface area contributed by atoms with E-state index in [0.717, 1.165) is 12.1 Å². The number of nitrogens with zero attached hydrogens (tertiary/aromatic N) is 2. The van der Waals surface area contributed by atoms with E-state index in [1.165, 1.54) is 0 Å². The Labute approximate surface area is 117 Å². The van der Waals surface area contributed by atoms with Crippen molar-refractivity contribution < 1.29 is 19.0 Å². The third-order valence-corrected chi connectivity index (χ3v) is 4.07. The number of hydrogen-bond donors (Lipinski definition) is 2. The summed E-state index contributed by atoms with van der Waals surface area (Å²) in [4.78, 5) is 24.7. The maximum atomic E-state index is 11.2. The molecule has 9 heteroatoms. The number of pyridine rings is 1. The van der Waals surface area contributed by atoms with Gasteiger partial charge in [0.05, 0.1) is 4.92 Å². The van der Waals surface area contributed by atoms with E-state index in [2.05, 4.69) is 10.3 Å². The molecule has 110 valence electrons. The summed E-state index contributed by atoms with van der Waals surface area (Å²) in [6.45, 7) is 2.12. The highest BCUT2D eigenvalue weighted by Gasteiger charge is 2.18. The molecule has 0 radical (unpaired) electrons. The van der Waals surface area contributed by atoms with E-state index in [1.54, 1.807) is 13.2 Å². The molecule has 0 amide bonds. The number of nitro groups is 1. The first-order valence-corrected chi connectivity index (χ1v) is 7.40. The molecule has 0 aliphatic carbocycles. The standard InChI is InChI=1S/C11H15N3O5S/c1-7(20(2)19)5-6-12-10-9(14(17)18)4-3-8(13-10)11(15)16/h3-4,7H,5-6H2,1-2H3,(H,12,13)(H,15,16). The molecule has 1 rings (SSSR count). The number of aromatic carboxylic acids is 1. The number of rotatable bonds is 7. The predicted octanol–water partition coefficient (Wildman–Crippen LogP) is 1.26. The minimum atomic E-state index is -1.26. The predicted molar refractivity (Wildman–Crippen MR) is 74.5 cm³/mol. The van der Waals surface area contributed by atoms with Crippen LogP contribution < -0.4 is 5.32 Å². The van der Waals surface area contributed by atoms with Crippen molar-refractivity contribution in [3.8, 4) is 0 Å². The second kappa shape index (κ2) is 6.94. The summed E-state index contributed by atoms with van der Waals surface area (Å²) in [6, 6.07) is 2.18. The van der Waals surface area contributed by atoms with Gasteiger partial charge in [-0.1, -0.05) is 6.92 Å². The molecule has 2 unspecified atom stereocenters. The Kier molecular flexibility index (Phi) is 5.56.